The molecule has 0 bridgehead atoms. The molecular formula is C27H29N7O2S. The fraction of sp³-hybridized carbons (Fsp3) is 0.259. The highest BCUT2D eigenvalue weighted by Gasteiger charge is 2.33. The number of hydrogen-bond donors (Lipinski definition) is 4. The van der Waals surface area contributed by atoms with Crippen LogP contribution in [-0.4, -0.2) is 55.1 Å². The molecule has 3 aromatic rings. The van der Waals surface area contributed by atoms with Crippen LogP contribution in [0.3, 0.4) is 0 Å². The SMILES string of the molecule is C=C1CC=CC=CC1=CC(=CC)Sc1nc(N2CC(NC(=O)c3cnc[nH]3)C2)c2c(O)c(CC)[nH]c2n1. The Morgan fingerprint density at radius 3 is 2.92 bits per heavy atom. The lowest BCUT2D eigenvalue weighted by atomic mass is 10.1. The number of hydrogen-bond acceptors (Lipinski definition) is 7. The second-order valence-electron chi connectivity index (χ2n) is 8.89. The van der Waals surface area contributed by atoms with Gasteiger partial charge in [0.15, 0.2) is 5.16 Å². The normalized spacial score (nSPS) is 17.5. The Morgan fingerprint density at radius 2 is 2.19 bits per heavy atom. The van der Waals surface area contributed by atoms with Gasteiger partial charge < -0.3 is 25.3 Å². The number of aromatic nitrogens is 5. The Morgan fingerprint density at radius 1 is 1.35 bits per heavy atom. The van der Waals surface area contributed by atoms with E-state index in [2.05, 4.69) is 45.1 Å². The largest absolute Gasteiger partial charge is 0.505 e. The van der Waals surface area contributed by atoms with Gasteiger partial charge in [-0.2, -0.15) is 0 Å². The van der Waals surface area contributed by atoms with Crippen LogP contribution in [0, 0.1) is 0 Å². The van der Waals surface area contributed by atoms with Crippen LogP contribution in [0.4, 0.5) is 5.82 Å². The van der Waals surface area contributed by atoms with Crippen LogP contribution in [0.1, 0.15) is 36.5 Å². The van der Waals surface area contributed by atoms with Gasteiger partial charge in [0.25, 0.3) is 5.91 Å². The molecule has 0 spiro atoms. The van der Waals surface area contributed by atoms with E-state index in [4.69, 9.17) is 9.97 Å². The third-order valence-corrected chi connectivity index (χ3v) is 7.32. The molecule has 4 heterocycles. The average Bonchev–Trinajstić information content (AvgIpc) is 3.47. The number of nitrogens with one attached hydrogen (secondary N) is 3. The Kier molecular flexibility index (Phi) is 7.00. The molecule has 5 rings (SSSR count). The van der Waals surface area contributed by atoms with Crippen molar-refractivity contribution in [1.82, 2.24) is 30.2 Å². The molecule has 190 valence electrons. The molecule has 1 aliphatic heterocycles. The van der Waals surface area contributed by atoms with Crippen LogP contribution in [0.25, 0.3) is 11.0 Å². The van der Waals surface area contributed by atoms with Crippen molar-refractivity contribution in [3.8, 4) is 5.75 Å². The molecule has 9 nitrogen and oxygen atoms in total. The number of fused-ring (bicyclic) bond motifs is 1. The number of aromatic amines is 2. The summed E-state index contributed by atoms with van der Waals surface area (Å²) in [7, 11) is 0. The minimum Gasteiger partial charge on any atom is -0.505 e. The van der Waals surface area contributed by atoms with E-state index in [0.29, 0.717) is 47.2 Å². The zero-order valence-corrected chi connectivity index (χ0v) is 21.6. The van der Waals surface area contributed by atoms with Crippen molar-refractivity contribution >= 4 is 34.5 Å². The summed E-state index contributed by atoms with van der Waals surface area (Å²) in [5, 5.41) is 15.1. The van der Waals surface area contributed by atoms with Crippen LogP contribution in [-0.2, 0) is 6.42 Å². The second kappa shape index (κ2) is 10.5. The molecule has 0 saturated carbocycles. The van der Waals surface area contributed by atoms with Crippen molar-refractivity contribution in [1.29, 1.82) is 0 Å². The molecule has 0 atom stereocenters. The highest BCUT2D eigenvalue weighted by molar-refractivity contribution is 8.03. The van der Waals surface area contributed by atoms with Crippen LogP contribution in [0.15, 0.2) is 76.8 Å². The molecule has 1 amide bonds. The van der Waals surface area contributed by atoms with Gasteiger partial charge in [-0.3, -0.25) is 4.79 Å². The van der Waals surface area contributed by atoms with Crippen molar-refractivity contribution in [2.24, 2.45) is 0 Å². The summed E-state index contributed by atoms with van der Waals surface area (Å²) in [5.41, 5.74) is 3.85. The number of aryl methyl sites for hydroxylation is 1. The number of H-pyrrole nitrogens is 2. The monoisotopic (exact) mass is 515 g/mol. The summed E-state index contributed by atoms with van der Waals surface area (Å²) in [4.78, 5) is 35.0. The summed E-state index contributed by atoms with van der Waals surface area (Å²) in [6, 6.07) is -0.0406. The quantitative estimate of drug-likeness (QED) is 0.269. The third-order valence-electron chi connectivity index (χ3n) is 6.36. The first-order chi connectivity index (χ1) is 18.0. The Hall–Kier alpha value is -4.05. The van der Waals surface area contributed by atoms with Gasteiger partial charge in [-0.25, -0.2) is 15.0 Å². The van der Waals surface area contributed by atoms with Crippen molar-refractivity contribution in [2.45, 2.75) is 37.9 Å². The van der Waals surface area contributed by atoms with E-state index >= 15 is 0 Å². The molecular weight excluding hydrogens is 486 g/mol. The van der Waals surface area contributed by atoms with E-state index in [1.54, 1.807) is 0 Å². The predicted octanol–water partition coefficient (Wildman–Crippen LogP) is 4.56. The summed E-state index contributed by atoms with van der Waals surface area (Å²) < 4.78 is 0. The summed E-state index contributed by atoms with van der Waals surface area (Å²) in [5.74, 6) is 0.632. The van der Waals surface area contributed by atoms with E-state index in [1.807, 2.05) is 37.0 Å². The molecule has 0 aromatic carbocycles. The van der Waals surface area contributed by atoms with Gasteiger partial charge in [0.1, 0.15) is 28.3 Å². The van der Waals surface area contributed by atoms with Crippen LogP contribution >= 0.6 is 11.8 Å². The lowest BCUT2D eigenvalue weighted by Crippen LogP contribution is -2.59. The van der Waals surface area contributed by atoms with Crippen molar-refractivity contribution in [2.75, 3.05) is 18.0 Å². The molecule has 0 radical (unpaired) electrons. The van der Waals surface area contributed by atoms with Gasteiger partial charge >= 0.3 is 0 Å². The van der Waals surface area contributed by atoms with Crippen molar-refractivity contribution < 1.29 is 9.90 Å². The Balaban J connectivity index is 1.40. The van der Waals surface area contributed by atoms with E-state index in [-0.39, 0.29) is 17.7 Å². The Bertz CT molecular complexity index is 1460. The summed E-state index contributed by atoms with van der Waals surface area (Å²) in [6.07, 6.45) is 16.7. The average molecular weight is 516 g/mol. The van der Waals surface area contributed by atoms with E-state index < -0.39 is 0 Å². The number of carbonyl (C=O) groups excluding carboxylic acids is 1. The van der Waals surface area contributed by atoms with E-state index in [1.165, 1.54) is 24.3 Å². The van der Waals surface area contributed by atoms with E-state index in [9.17, 15) is 9.90 Å². The van der Waals surface area contributed by atoms with E-state index in [0.717, 1.165) is 28.2 Å². The number of imidazole rings is 1. The van der Waals surface area contributed by atoms with Gasteiger partial charge in [0, 0.05) is 18.0 Å². The minimum atomic E-state index is -0.195. The molecule has 1 aliphatic carbocycles. The van der Waals surface area contributed by atoms with Crippen molar-refractivity contribution in [3.63, 3.8) is 0 Å². The molecule has 2 aliphatic rings. The third kappa shape index (κ3) is 5.10. The zero-order chi connectivity index (χ0) is 25.9. The number of thioether (sulfide) groups is 1. The van der Waals surface area contributed by atoms with Gasteiger partial charge in [-0.15, -0.1) is 0 Å². The molecule has 1 fully saturated rings. The number of nitrogens with zero attached hydrogens (tertiary/aromatic N) is 4. The maximum atomic E-state index is 12.4. The number of amides is 1. The number of rotatable bonds is 7. The zero-order valence-electron chi connectivity index (χ0n) is 20.8. The van der Waals surface area contributed by atoms with Crippen LogP contribution < -0.4 is 10.2 Å². The number of carbonyl (C=O) groups is 1. The highest BCUT2D eigenvalue weighted by atomic mass is 32.2. The molecule has 4 N–H and O–H groups in total. The number of aromatic hydroxyl groups is 1. The van der Waals surface area contributed by atoms with Crippen molar-refractivity contribution in [3.05, 3.63) is 83.0 Å². The predicted molar refractivity (Wildman–Crippen MR) is 147 cm³/mol. The number of anilines is 1. The number of allylic oxidation sites excluding steroid dienone is 8. The lowest BCUT2D eigenvalue weighted by Gasteiger charge is -2.40. The van der Waals surface area contributed by atoms with Gasteiger partial charge in [0.05, 0.1) is 24.3 Å². The van der Waals surface area contributed by atoms with Gasteiger partial charge in [-0.1, -0.05) is 55.6 Å². The summed E-state index contributed by atoms with van der Waals surface area (Å²) in [6.45, 7) is 9.30. The molecule has 0 unspecified atom stereocenters. The minimum absolute atomic E-state index is 0.0406. The molecule has 10 heteroatoms. The fourth-order valence-electron chi connectivity index (χ4n) is 4.27. The van der Waals surface area contributed by atoms with Crippen LogP contribution in [0.2, 0.25) is 0 Å². The van der Waals surface area contributed by atoms with Gasteiger partial charge in [-0.05, 0) is 37.0 Å². The topological polar surface area (TPSA) is 123 Å². The lowest BCUT2D eigenvalue weighted by molar-refractivity contribution is 0.0925. The molecule has 3 aromatic heterocycles. The smallest absolute Gasteiger partial charge is 0.269 e. The Labute approximate surface area is 219 Å². The summed E-state index contributed by atoms with van der Waals surface area (Å²) >= 11 is 1.46. The second-order valence-corrected chi connectivity index (χ2v) is 9.93. The first-order valence-corrected chi connectivity index (χ1v) is 13.0. The standard InChI is InChI=1S/C27H29N7O2S/c1-4-19(11-17-10-8-6-7-9-16(17)3)37-27-32-24-22(23(35)20(5-2)31-24)25(33-27)34-13-18(14-34)30-26(36)21-12-28-15-29-21/h4,6-8,10-12,15,18,35H,3,5,9,13-14H2,1-2H3,(H,28,29)(H,30,36)(H,31,32,33). The fourth-order valence-corrected chi connectivity index (χ4v) is 5.05. The van der Waals surface area contributed by atoms with Gasteiger partial charge in [0.2, 0.25) is 0 Å². The first kappa shape index (κ1) is 24.6. The first-order valence-electron chi connectivity index (χ1n) is 12.2. The van der Waals surface area contributed by atoms with Crippen LogP contribution in [0.5, 0.6) is 5.75 Å². The maximum absolute atomic E-state index is 12.4. The molecule has 37 heavy (non-hydrogen) atoms. The highest BCUT2D eigenvalue weighted by Crippen LogP contribution is 2.39. The molecule has 1 saturated heterocycles. The maximum Gasteiger partial charge on any atom is 0.269 e.